The molecule has 3 atom stereocenters. The second-order valence-electron chi connectivity index (χ2n) is 10.8. The predicted molar refractivity (Wildman–Crippen MR) is 139 cm³/mol. The van der Waals surface area contributed by atoms with Gasteiger partial charge in [0.05, 0.1) is 11.7 Å². The minimum atomic E-state index is -1.79. The van der Waals surface area contributed by atoms with Crippen molar-refractivity contribution in [2.24, 2.45) is 0 Å². The molecule has 0 heterocycles. The Kier molecular flexibility index (Phi) is 10.4. The van der Waals surface area contributed by atoms with E-state index in [1.807, 2.05) is 0 Å². The topological polar surface area (TPSA) is 117 Å². The number of rotatable bonds is 8. The van der Waals surface area contributed by atoms with Crippen LogP contribution >= 0.6 is 0 Å². The monoisotopic (exact) mass is 534 g/mol. The highest BCUT2D eigenvalue weighted by molar-refractivity contribution is 5.73. The highest BCUT2D eigenvalue weighted by Gasteiger charge is 2.33. The van der Waals surface area contributed by atoms with Gasteiger partial charge in [-0.15, -0.1) is 0 Å². The zero-order valence-corrected chi connectivity index (χ0v) is 22.4. The van der Waals surface area contributed by atoms with Crippen molar-refractivity contribution >= 4 is 18.3 Å². The first-order chi connectivity index (χ1) is 17.5. The Bertz CT molecular complexity index is 1140. The number of carbonyl (C=O) groups excluding carboxylic acids is 2. The summed E-state index contributed by atoms with van der Waals surface area (Å²) in [6, 6.07) is 9.71. The summed E-state index contributed by atoms with van der Waals surface area (Å²) >= 11 is 0. The van der Waals surface area contributed by atoms with Gasteiger partial charge in [-0.2, -0.15) is 0 Å². The van der Waals surface area contributed by atoms with Crippen LogP contribution in [0.25, 0.3) is 6.08 Å². The SMILES string of the molecule is CC(C)(C)OC(=O)N/C(=C/c1cccc(F)c1)[C@H](O)[C@H](O)[C@H](Cc1cccc(F)c1)NC(=O)OC(C)(C)C. The number of alkyl carbamates (subject to hydrolysis) is 2. The van der Waals surface area contributed by atoms with E-state index in [1.165, 1.54) is 48.5 Å². The number of ether oxygens (including phenoxy) is 2. The van der Waals surface area contributed by atoms with E-state index in [-0.39, 0.29) is 17.7 Å². The van der Waals surface area contributed by atoms with E-state index in [0.717, 1.165) is 0 Å². The number of benzene rings is 2. The predicted octanol–water partition coefficient (Wildman–Crippen LogP) is 4.69. The zero-order chi connectivity index (χ0) is 28.7. The molecule has 2 rings (SSSR count). The summed E-state index contributed by atoms with van der Waals surface area (Å²) < 4.78 is 38.2. The number of hydrogen-bond donors (Lipinski definition) is 4. The summed E-state index contributed by atoms with van der Waals surface area (Å²) in [6.07, 6.45) is -4.13. The van der Waals surface area contributed by atoms with Crippen LogP contribution in [-0.2, 0) is 15.9 Å². The van der Waals surface area contributed by atoms with Crippen LogP contribution in [0.5, 0.6) is 0 Å². The van der Waals surface area contributed by atoms with Crippen molar-refractivity contribution in [1.82, 2.24) is 10.6 Å². The minimum absolute atomic E-state index is 0.0884. The molecule has 0 saturated carbocycles. The maximum atomic E-state index is 13.8. The molecule has 0 bridgehead atoms. The van der Waals surface area contributed by atoms with Gasteiger partial charge in [0.1, 0.15) is 35.0 Å². The van der Waals surface area contributed by atoms with Gasteiger partial charge in [-0.05, 0) is 89.4 Å². The van der Waals surface area contributed by atoms with Gasteiger partial charge < -0.3 is 25.0 Å². The van der Waals surface area contributed by atoms with Crippen LogP contribution in [0.2, 0.25) is 0 Å². The summed E-state index contributed by atoms with van der Waals surface area (Å²) in [7, 11) is 0. The molecule has 2 aromatic rings. The Balaban J connectivity index is 2.42. The summed E-state index contributed by atoms with van der Waals surface area (Å²) in [5.74, 6) is -1.08. The molecular formula is C28H36F2N2O6. The van der Waals surface area contributed by atoms with Crippen LogP contribution in [0.1, 0.15) is 52.7 Å². The fourth-order valence-electron chi connectivity index (χ4n) is 3.43. The average Bonchev–Trinajstić information content (AvgIpc) is 2.74. The van der Waals surface area contributed by atoms with Crippen LogP contribution in [0.3, 0.4) is 0 Å². The number of aliphatic hydroxyl groups is 2. The van der Waals surface area contributed by atoms with Gasteiger partial charge in [0.2, 0.25) is 0 Å². The third-order valence-corrected chi connectivity index (χ3v) is 4.92. The number of hydrogen-bond acceptors (Lipinski definition) is 6. The molecule has 10 heteroatoms. The fourth-order valence-corrected chi connectivity index (χ4v) is 3.43. The Morgan fingerprint density at radius 1 is 0.895 bits per heavy atom. The van der Waals surface area contributed by atoms with Crippen molar-refractivity contribution in [3.63, 3.8) is 0 Å². The van der Waals surface area contributed by atoms with E-state index >= 15 is 0 Å². The van der Waals surface area contributed by atoms with Crippen molar-refractivity contribution in [3.05, 3.63) is 77.0 Å². The lowest BCUT2D eigenvalue weighted by Crippen LogP contribution is -2.52. The molecule has 0 aliphatic heterocycles. The van der Waals surface area contributed by atoms with E-state index < -0.39 is 53.3 Å². The maximum Gasteiger partial charge on any atom is 0.411 e. The van der Waals surface area contributed by atoms with Crippen molar-refractivity contribution in [2.75, 3.05) is 0 Å². The molecule has 0 spiro atoms. The lowest BCUT2D eigenvalue weighted by Gasteiger charge is -2.31. The average molecular weight is 535 g/mol. The second-order valence-corrected chi connectivity index (χ2v) is 10.8. The third kappa shape index (κ3) is 10.9. The van der Waals surface area contributed by atoms with E-state index in [9.17, 15) is 28.6 Å². The standard InChI is InChI=1S/C28H36F2N2O6/c1-27(2,3)37-25(35)31-21(15-17-9-7-11-19(29)13-17)23(33)24(34)22(32-26(36)38-28(4,5)6)16-18-10-8-12-20(30)14-18/h7-15,22-24,33-34H,16H2,1-6H3,(H,31,35)(H,32,36)/b21-15+/t22-,23-,24+/m0/s1. The van der Waals surface area contributed by atoms with Gasteiger partial charge in [-0.1, -0.05) is 24.3 Å². The number of nitrogens with one attached hydrogen (secondary N) is 2. The summed E-state index contributed by atoms with van der Waals surface area (Å²) in [5, 5.41) is 27.3. The summed E-state index contributed by atoms with van der Waals surface area (Å²) in [5.41, 5.74) is -1.22. The van der Waals surface area contributed by atoms with E-state index in [4.69, 9.17) is 9.47 Å². The highest BCUT2D eigenvalue weighted by Crippen LogP contribution is 2.19. The molecular weight excluding hydrogens is 498 g/mol. The van der Waals surface area contributed by atoms with E-state index in [2.05, 4.69) is 10.6 Å². The first-order valence-corrected chi connectivity index (χ1v) is 12.1. The van der Waals surface area contributed by atoms with Crippen LogP contribution in [-0.4, -0.2) is 51.9 Å². The molecule has 0 radical (unpaired) electrons. The smallest absolute Gasteiger partial charge is 0.411 e. The molecule has 2 aromatic carbocycles. The molecule has 0 aliphatic carbocycles. The van der Waals surface area contributed by atoms with Gasteiger partial charge in [-0.25, -0.2) is 18.4 Å². The molecule has 4 N–H and O–H groups in total. The number of halogens is 2. The fraction of sp³-hybridized carbons (Fsp3) is 0.429. The third-order valence-electron chi connectivity index (χ3n) is 4.92. The molecule has 0 aromatic heterocycles. The Morgan fingerprint density at radius 3 is 2.00 bits per heavy atom. The van der Waals surface area contributed by atoms with Crippen molar-refractivity contribution in [2.45, 2.75) is 77.4 Å². The normalized spacial score (nSPS) is 14.7. The first kappa shape index (κ1) is 30.7. The van der Waals surface area contributed by atoms with Crippen LogP contribution in [0.15, 0.2) is 54.2 Å². The van der Waals surface area contributed by atoms with Crippen molar-refractivity contribution in [1.29, 1.82) is 0 Å². The van der Waals surface area contributed by atoms with Crippen molar-refractivity contribution < 1.29 is 38.1 Å². The Morgan fingerprint density at radius 2 is 1.45 bits per heavy atom. The van der Waals surface area contributed by atoms with Crippen LogP contribution < -0.4 is 10.6 Å². The molecule has 0 unspecified atom stereocenters. The number of amides is 2. The van der Waals surface area contributed by atoms with Crippen LogP contribution in [0, 0.1) is 11.6 Å². The van der Waals surface area contributed by atoms with Gasteiger partial charge in [0.15, 0.2) is 0 Å². The molecule has 8 nitrogen and oxygen atoms in total. The lowest BCUT2D eigenvalue weighted by molar-refractivity contribution is 0.00295. The summed E-state index contributed by atoms with van der Waals surface area (Å²) in [4.78, 5) is 25.1. The Labute approximate surface area is 221 Å². The lowest BCUT2D eigenvalue weighted by atomic mass is 9.95. The number of aliphatic hydroxyl groups excluding tert-OH is 2. The molecule has 0 fully saturated rings. The van der Waals surface area contributed by atoms with Crippen LogP contribution in [0.4, 0.5) is 18.4 Å². The van der Waals surface area contributed by atoms with Gasteiger partial charge in [0.25, 0.3) is 0 Å². The second kappa shape index (κ2) is 12.8. The van der Waals surface area contributed by atoms with Crippen molar-refractivity contribution in [3.8, 4) is 0 Å². The summed E-state index contributed by atoms with van der Waals surface area (Å²) in [6.45, 7) is 9.91. The number of carbonyl (C=O) groups is 2. The van der Waals surface area contributed by atoms with Gasteiger partial charge >= 0.3 is 12.2 Å². The zero-order valence-electron chi connectivity index (χ0n) is 22.4. The maximum absolute atomic E-state index is 13.8. The Hall–Kier alpha value is -3.50. The largest absolute Gasteiger partial charge is 0.444 e. The molecule has 2 amide bonds. The highest BCUT2D eigenvalue weighted by atomic mass is 19.1. The minimum Gasteiger partial charge on any atom is -0.444 e. The first-order valence-electron chi connectivity index (χ1n) is 12.1. The molecule has 0 saturated heterocycles. The van der Waals surface area contributed by atoms with Gasteiger partial charge in [0, 0.05) is 0 Å². The quantitative estimate of drug-likeness (QED) is 0.391. The molecule has 38 heavy (non-hydrogen) atoms. The molecule has 208 valence electrons. The molecule has 0 aliphatic rings. The van der Waals surface area contributed by atoms with Gasteiger partial charge in [-0.3, -0.25) is 5.32 Å². The van der Waals surface area contributed by atoms with E-state index in [1.54, 1.807) is 47.6 Å². The van der Waals surface area contributed by atoms with E-state index in [0.29, 0.717) is 5.56 Å².